The summed E-state index contributed by atoms with van der Waals surface area (Å²) >= 11 is 0. The molecule has 0 heterocycles. The highest BCUT2D eigenvalue weighted by atomic mass is 16.3. The normalized spacial score (nSPS) is 13.1. The summed E-state index contributed by atoms with van der Waals surface area (Å²) in [6, 6.07) is 12.1. The zero-order chi connectivity index (χ0) is 16.3. The van der Waals surface area contributed by atoms with Crippen molar-refractivity contribution in [3.8, 4) is 11.5 Å². The Morgan fingerprint density at radius 2 is 1.55 bits per heavy atom. The summed E-state index contributed by atoms with van der Waals surface area (Å²) in [6.45, 7) is 3.76. The molecule has 0 aliphatic heterocycles. The molecule has 2 aromatic rings. The molecule has 0 saturated carbocycles. The highest BCUT2D eigenvalue weighted by Gasteiger charge is 2.26. The number of phenols is 2. The fourth-order valence-electron chi connectivity index (χ4n) is 2.71. The zero-order valence-corrected chi connectivity index (χ0v) is 12.8. The van der Waals surface area contributed by atoms with Crippen LogP contribution in [0.2, 0.25) is 0 Å². The van der Waals surface area contributed by atoms with Crippen LogP contribution in [0.5, 0.6) is 11.5 Å². The Morgan fingerprint density at radius 3 is 2.14 bits per heavy atom. The van der Waals surface area contributed by atoms with Gasteiger partial charge in [0.05, 0.1) is 12.7 Å². The van der Waals surface area contributed by atoms with Crippen molar-refractivity contribution in [3.63, 3.8) is 0 Å². The second-order valence-corrected chi connectivity index (χ2v) is 6.05. The van der Waals surface area contributed by atoms with Crippen molar-refractivity contribution in [2.24, 2.45) is 0 Å². The Kier molecular flexibility index (Phi) is 4.74. The smallest absolute Gasteiger partial charge is 0.115 e. The predicted octanol–water partition coefficient (Wildman–Crippen LogP) is 2.32. The Hall–Kier alpha value is -2.04. The lowest BCUT2D eigenvalue weighted by Gasteiger charge is -2.29. The molecule has 1 atom stereocenters. The molecule has 0 aromatic heterocycles. The van der Waals surface area contributed by atoms with Crippen LogP contribution < -0.4 is 0 Å². The van der Waals surface area contributed by atoms with Crippen LogP contribution in [0, 0.1) is 0 Å². The standard InChI is InChI=1S/C18H22O4/c1-18(2,13-3-5-14(20)6-4-13)17-8-7-15(21)9-12(17)10-16(22)11-19/h3-9,16,19-22H,10-11H2,1-2H3. The molecule has 2 aromatic carbocycles. The SMILES string of the molecule is CC(C)(c1ccc(O)cc1)c1ccc(O)cc1CC(O)CO. The Labute approximate surface area is 130 Å². The molecule has 0 aliphatic rings. The highest BCUT2D eigenvalue weighted by Crippen LogP contribution is 2.36. The summed E-state index contributed by atoms with van der Waals surface area (Å²) in [6.07, 6.45) is -0.599. The molecule has 0 bridgehead atoms. The van der Waals surface area contributed by atoms with Crippen LogP contribution in [0.4, 0.5) is 0 Å². The zero-order valence-electron chi connectivity index (χ0n) is 12.8. The second-order valence-electron chi connectivity index (χ2n) is 6.05. The first-order valence-corrected chi connectivity index (χ1v) is 7.25. The van der Waals surface area contributed by atoms with Gasteiger partial charge in [-0.2, -0.15) is 0 Å². The minimum Gasteiger partial charge on any atom is -0.508 e. The summed E-state index contributed by atoms with van der Waals surface area (Å²) in [5, 5.41) is 38.0. The number of phenolic OH excluding ortho intramolecular Hbond substituents is 2. The van der Waals surface area contributed by atoms with Crippen LogP contribution in [-0.2, 0) is 11.8 Å². The van der Waals surface area contributed by atoms with Gasteiger partial charge in [-0.1, -0.05) is 32.0 Å². The van der Waals surface area contributed by atoms with Gasteiger partial charge in [0.15, 0.2) is 0 Å². The van der Waals surface area contributed by atoms with Crippen LogP contribution in [0.1, 0.15) is 30.5 Å². The summed E-state index contributed by atoms with van der Waals surface area (Å²) in [5.74, 6) is 0.339. The van der Waals surface area contributed by atoms with E-state index in [2.05, 4.69) is 0 Å². The van der Waals surface area contributed by atoms with Crippen molar-refractivity contribution in [3.05, 3.63) is 59.2 Å². The Bertz CT molecular complexity index is 632. The third-order valence-corrected chi connectivity index (χ3v) is 4.02. The molecule has 1 unspecified atom stereocenters. The van der Waals surface area contributed by atoms with Gasteiger partial charge in [0.1, 0.15) is 11.5 Å². The van der Waals surface area contributed by atoms with E-state index in [0.29, 0.717) is 0 Å². The molecular formula is C18H22O4. The summed E-state index contributed by atoms with van der Waals surface area (Å²) < 4.78 is 0. The van der Waals surface area contributed by atoms with E-state index in [-0.39, 0.29) is 29.9 Å². The third kappa shape index (κ3) is 3.40. The molecule has 22 heavy (non-hydrogen) atoms. The van der Waals surface area contributed by atoms with Crippen molar-refractivity contribution in [2.45, 2.75) is 31.8 Å². The van der Waals surface area contributed by atoms with E-state index >= 15 is 0 Å². The molecule has 0 amide bonds. The monoisotopic (exact) mass is 302 g/mol. The number of aliphatic hydroxyl groups excluding tert-OH is 2. The average molecular weight is 302 g/mol. The lowest BCUT2D eigenvalue weighted by molar-refractivity contribution is 0.0952. The molecule has 0 radical (unpaired) electrons. The molecule has 118 valence electrons. The van der Waals surface area contributed by atoms with E-state index in [0.717, 1.165) is 16.7 Å². The number of rotatable bonds is 5. The van der Waals surface area contributed by atoms with Gasteiger partial charge in [-0.25, -0.2) is 0 Å². The fourth-order valence-corrected chi connectivity index (χ4v) is 2.71. The molecular weight excluding hydrogens is 280 g/mol. The largest absolute Gasteiger partial charge is 0.508 e. The minimum absolute atomic E-state index is 0.130. The lowest BCUT2D eigenvalue weighted by Crippen LogP contribution is -2.23. The maximum absolute atomic E-state index is 9.73. The molecule has 4 heteroatoms. The summed E-state index contributed by atoms with van der Waals surface area (Å²) in [5.41, 5.74) is 2.39. The maximum atomic E-state index is 9.73. The lowest BCUT2D eigenvalue weighted by atomic mass is 9.75. The van der Waals surface area contributed by atoms with Crippen LogP contribution in [0.25, 0.3) is 0 Å². The molecule has 0 spiro atoms. The first-order chi connectivity index (χ1) is 10.3. The van der Waals surface area contributed by atoms with Crippen LogP contribution >= 0.6 is 0 Å². The Balaban J connectivity index is 2.47. The number of hydrogen-bond acceptors (Lipinski definition) is 4. The van der Waals surface area contributed by atoms with E-state index in [1.807, 2.05) is 32.0 Å². The molecule has 0 aliphatic carbocycles. The summed E-state index contributed by atoms with van der Waals surface area (Å²) in [4.78, 5) is 0. The summed E-state index contributed by atoms with van der Waals surface area (Å²) in [7, 11) is 0. The van der Waals surface area contributed by atoms with E-state index in [4.69, 9.17) is 5.11 Å². The number of hydrogen-bond donors (Lipinski definition) is 4. The van der Waals surface area contributed by atoms with Crippen molar-refractivity contribution in [2.75, 3.05) is 6.61 Å². The number of aliphatic hydroxyl groups is 2. The fraction of sp³-hybridized carbons (Fsp3) is 0.333. The van der Waals surface area contributed by atoms with Gasteiger partial charge >= 0.3 is 0 Å². The third-order valence-electron chi connectivity index (χ3n) is 4.02. The first-order valence-electron chi connectivity index (χ1n) is 7.25. The van der Waals surface area contributed by atoms with Gasteiger partial charge in [-0.05, 0) is 41.0 Å². The number of benzene rings is 2. The molecule has 0 saturated heterocycles. The topological polar surface area (TPSA) is 80.9 Å². The van der Waals surface area contributed by atoms with Gasteiger partial charge in [0, 0.05) is 11.8 Å². The van der Waals surface area contributed by atoms with Gasteiger partial charge < -0.3 is 20.4 Å². The molecule has 4 nitrogen and oxygen atoms in total. The van der Waals surface area contributed by atoms with Crippen molar-refractivity contribution in [1.29, 1.82) is 0 Å². The first kappa shape index (κ1) is 16.3. The van der Waals surface area contributed by atoms with E-state index in [1.54, 1.807) is 24.3 Å². The van der Waals surface area contributed by atoms with E-state index < -0.39 is 6.10 Å². The van der Waals surface area contributed by atoms with Gasteiger partial charge in [-0.15, -0.1) is 0 Å². The van der Waals surface area contributed by atoms with Gasteiger partial charge in [0.25, 0.3) is 0 Å². The molecule has 2 rings (SSSR count). The second kappa shape index (κ2) is 6.38. The Morgan fingerprint density at radius 1 is 0.955 bits per heavy atom. The van der Waals surface area contributed by atoms with Gasteiger partial charge in [0.2, 0.25) is 0 Å². The van der Waals surface area contributed by atoms with E-state index in [1.165, 1.54) is 0 Å². The highest BCUT2D eigenvalue weighted by molar-refractivity contribution is 5.46. The van der Waals surface area contributed by atoms with Crippen LogP contribution in [0.3, 0.4) is 0 Å². The van der Waals surface area contributed by atoms with Crippen LogP contribution in [0.15, 0.2) is 42.5 Å². The van der Waals surface area contributed by atoms with E-state index in [9.17, 15) is 15.3 Å². The van der Waals surface area contributed by atoms with Crippen LogP contribution in [-0.4, -0.2) is 33.1 Å². The quantitative estimate of drug-likeness (QED) is 0.683. The van der Waals surface area contributed by atoms with Gasteiger partial charge in [-0.3, -0.25) is 0 Å². The van der Waals surface area contributed by atoms with Crippen molar-refractivity contribution < 1.29 is 20.4 Å². The van der Waals surface area contributed by atoms with Crippen molar-refractivity contribution in [1.82, 2.24) is 0 Å². The predicted molar refractivity (Wildman–Crippen MR) is 85.1 cm³/mol. The average Bonchev–Trinajstić information content (AvgIpc) is 2.47. The van der Waals surface area contributed by atoms with Crippen molar-refractivity contribution >= 4 is 0 Å². The molecule has 0 fully saturated rings. The maximum Gasteiger partial charge on any atom is 0.115 e. The minimum atomic E-state index is -0.865. The number of aromatic hydroxyl groups is 2. The molecule has 4 N–H and O–H groups in total.